The fourth-order valence-corrected chi connectivity index (χ4v) is 2.24. The van der Waals surface area contributed by atoms with Crippen LogP contribution in [0.3, 0.4) is 0 Å². The lowest BCUT2D eigenvalue weighted by atomic mass is 10.1. The molecule has 0 spiro atoms. The van der Waals surface area contributed by atoms with Gasteiger partial charge in [0.2, 0.25) is 0 Å². The highest BCUT2D eigenvalue weighted by atomic mass is 127. The Morgan fingerprint density at radius 1 is 1.14 bits per heavy atom. The minimum absolute atomic E-state index is 0.296. The molecule has 21 heavy (non-hydrogen) atoms. The highest BCUT2D eigenvalue weighted by Crippen LogP contribution is 2.27. The van der Waals surface area contributed by atoms with Gasteiger partial charge in [-0.2, -0.15) is 0 Å². The van der Waals surface area contributed by atoms with Gasteiger partial charge in [-0.25, -0.2) is 4.79 Å². The maximum Gasteiger partial charge on any atom is 0.345 e. The van der Waals surface area contributed by atoms with Gasteiger partial charge in [-0.15, -0.1) is 0 Å². The molecule has 0 unspecified atom stereocenters. The van der Waals surface area contributed by atoms with Gasteiger partial charge < -0.3 is 14.6 Å². The van der Waals surface area contributed by atoms with Crippen LogP contribution in [0.1, 0.15) is 5.56 Å². The molecule has 0 fully saturated rings. The van der Waals surface area contributed by atoms with E-state index in [1.54, 1.807) is 24.3 Å². The second-order valence-corrected chi connectivity index (χ2v) is 5.67. The molecule has 2 rings (SSSR count). The number of hydrogen-bond acceptors (Lipinski definition) is 3. The van der Waals surface area contributed by atoms with E-state index in [-0.39, 0.29) is 0 Å². The fraction of sp³-hybridized carbons (Fsp3) is 0.188. The smallest absolute Gasteiger partial charge is 0.345 e. The molecule has 1 N–H and O–H groups in total. The van der Waals surface area contributed by atoms with Crippen LogP contribution in [0.5, 0.6) is 11.5 Å². The molecule has 4 nitrogen and oxygen atoms in total. The molecule has 2 aromatic rings. The number of hydrogen-bond donors (Lipinski definition) is 1. The molecular weight excluding hydrogens is 383 g/mol. The third kappa shape index (κ3) is 4.35. The van der Waals surface area contributed by atoms with Crippen LogP contribution >= 0.6 is 22.6 Å². The van der Waals surface area contributed by atoms with Crippen molar-refractivity contribution in [3.63, 3.8) is 0 Å². The van der Waals surface area contributed by atoms with Crippen LogP contribution < -0.4 is 9.47 Å². The summed E-state index contributed by atoms with van der Waals surface area (Å²) in [5.41, 5.74) is 0.915. The average molecular weight is 398 g/mol. The zero-order valence-corrected chi connectivity index (χ0v) is 13.6. The van der Waals surface area contributed by atoms with Crippen molar-refractivity contribution in [1.82, 2.24) is 0 Å². The van der Waals surface area contributed by atoms with Crippen molar-refractivity contribution in [3.8, 4) is 11.5 Å². The number of methoxy groups -OCH3 is 1. The Morgan fingerprint density at radius 3 is 2.33 bits per heavy atom. The molecule has 0 amide bonds. The quantitative estimate of drug-likeness (QED) is 0.759. The van der Waals surface area contributed by atoms with E-state index in [0.717, 1.165) is 9.13 Å². The third-order valence-corrected chi connectivity index (χ3v) is 3.67. The van der Waals surface area contributed by atoms with Crippen LogP contribution in [0.4, 0.5) is 0 Å². The molecular formula is C16H15IO4. The number of carbonyl (C=O) groups is 1. The Balaban J connectivity index is 2.16. The first-order valence-electron chi connectivity index (χ1n) is 6.37. The number of para-hydroxylation sites is 2. The number of ether oxygens (including phenoxy) is 2. The molecule has 0 saturated carbocycles. The van der Waals surface area contributed by atoms with Crippen molar-refractivity contribution in [2.24, 2.45) is 0 Å². The molecule has 0 heterocycles. The van der Waals surface area contributed by atoms with Gasteiger partial charge in [0.05, 0.1) is 7.11 Å². The summed E-state index contributed by atoms with van der Waals surface area (Å²) in [5, 5.41) is 9.35. The minimum atomic E-state index is -1.00. The molecule has 5 heteroatoms. The van der Waals surface area contributed by atoms with Gasteiger partial charge >= 0.3 is 5.97 Å². The van der Waals surface area contributed by atoms with E-state index < -0.39 is 12.1 Å². The molecule has 0 bridgehead atoms. The molecule has 0 saturated heterocycles. The van der Waals surface area contributed by atoms with Crippen molar-refractivity contribution in [3.05, 3.63) is 57.7 Å². The minimum Gasteiger partial charge on any atom is -0.493 e. The first kappa shape index (κ1) is 15.6. The number of carboxylic acids is 1. The molecule has 0 aliphatic heterocycles. The Morgan fingerprint density at radius 2 is 1.76 bits per heavy atom. The largest absolute Gasteiger partial charge is 0.493 e. The fourth-order valence-electron chi connectivity index (χ4n) is 1.88. The highest BCUT2D eigenvalue weighted by Gasteiger charge is 2.21. The number of rotatable bonds is 6. The van der Waals surface area contributed by atoms with Crippen molar-refractivity contribution in [1.29, 1.82) is 0 Å². The first-order valence-corrected chi connectivity index (χ1v) is 7.45. The number of aliphatic carboxylic acids is 1. The maximum atomic E-state index is 11.4. The van der Waals surface area contributed by atoms with Gasteiger partial charge in [-0.1, -0.05) is 24.3 Å². The van der Waals surface area contributed by atoms with E-state index in [0.29, 0.717) is 17.9 Å². The van der Waals surface area contributed by atoms with E-state index in [4.69, 9.17) is 9.47 Å². The van der Waals surface area contributed by atoms with E-state index in [9.17, 15) is 9.90 Å². The lowest BCUT2D eigenvalue weighted by Gasteiger charge is -2.17. The molecule has 0 aliphatic rings. The van der Waals surface area contributed by atoms with Gasteiger partial charge in [0.15, 0.2) is 17.6 Å². The molecule has 0 aromatic heterocycles. The Labute approximate surface area is 136 Å². The van der Waals surface area contributed by atoms with Crippen molar-refractivity contribution in [2.75, 3.05) is 7.11 Å². The van der Waals surface area contributed by atoms with E-state index in [1.807, 2.05) is 24.3 Å². The van der Waals surface area contributed by atoms with Crippen LogP contribution in [0.2, 0.25) is 0 Å². The van der Waals surface area contributed by atoms with Crippen molar-refractivity contribution >= 4 is 28.6 Å². The van der Waals surface area contributed by atoms with Crippen LogP contribution in [-0.2, 0) is 11.2 Å². The summed E-state index contributed by atoms with van der Waals surface area (Å²) in [6.45, 7) is 0. The van der Waals surface area contributed by atoms with Crippen LogP contribution in [0.25, 0.3) is 0 Å². The highest BCUT2D eigenvalue weighted by molar-refractivity contribution is 14.1. The standard InChI is InChI=1S/C16H15IO4/c1-20-13-4-2-3-5-14(13)21-15(16(18)19)10-11-6-8-12(17)9-7-11/h2-9,15H,10H2,1H3,(H,18,19)/t15-/m0/s1. The lowest BCUT2D eigenvalue weighted by molar-refractivity contribution is -0.145. The van der Waals surface area contributed by atoms with E-state index in [2.05, 4.69) is 22.6 Å². The lowest BCUT2D eigenvalue weighted by Crippen LogP contribution is -2.29. The Bertz CT molecular complexity index is 610. The number of carboxylic acid groups (broad SMARTS) is 1. The normalized spacial score (nSPS) is 11.7. The van der Waals surface area contributed by atoms with Gasteiger partial charge in [0.25, 0.3) is 0 Å². The average Bonchev–Trinajstić information content (AvgIpc) is 2.49. The van der Waals surface area contributed by atoms with Crippen molar-refractivity contribution in [2.45, 2.75) is 12.5 Å². The van der Waals surface area contributed by atoms with Crippen LogP contribution in [0, 0.1) is 3.57 Å². The summed E-state index contributed by atoms with van der Waals surface area (Å²) in [6.07, 6.45) is -0.661. The molecule has 2 aromatic carbocycles. The molecule has 1 atom stereocenters. The van der Waals surface area contributed by atoms with Crippen LogP contribution in [-0.4, -0.2) is 24.3 Å². The topological polar surface area (TPSA) is 55.8 Å². The van der Waals surface area contributed by atoms with Gasteiger partial charge in [0.1, 0.15) is 0 Å². The molecule has 0 radical (unpaired) electrons. The van der Waals surface area contributed by atoms with E-state index in [1.165, 1.54) is 7.11 Å². The summed E-state index contributed by atoms with van der Waals surface area (Å²) < 4.78 is 11.9. The first-order chi connectivity index (χ1) is 10.1. The number of benzene rings is 2. The van der Waals surface area contributed by atoms with Gasteiger partial charge in [-0.3, -0.25) is 0 Å². The second-order valence-electron chi connectivity index (χ2n) is 4.43. The predicted molar refractivity (Wildman–Crippen MR) is 87.9 cm³/mol. The molecule has 110 valence electrons. The van der Waals surface area contributed by atoms with Gasteiger partial charge in [-0.05, 0) is 52.4 Å². The summed E-state index contributed by atoms with van der Waals surface area (Å²) in [6, 6.07) is 14.7. The third-order valence-electron chi connectivity index (χ3n) is 2.95. The van der Waals surface area contributed by atoms with Crippen molar-refractivity contribution < 1.29 is 19.4 Å². The predicted octanol–water partition coefficient (Wildman–Crippen LogP) is 3.37. The van der Waals surface area contributed by atoms with Crippen LogP contribution in [0.15, 0.2) is 48.5 Å². The Hall–Kier alpha value is -1.76. The Kier molecular flexibility index (Phi) is 5.44. The maximum absolute atomic E-state index is 11.4. The molecule has 0 aliphatic carbocycles. The summed E-state index contributed by atoms with van der Waals surface area (Å²) in [4.78, 5) is 11.4. The summed E-state index contributed by atoms with van der Waals surface area (Å²) >= 11 is 2.21. The summed E-state index contributed by atoms with van der Waals surface area (Å²) in [5.74, 6) is -0.0521. The second kappa shape index (κ2) is 7.31. The number of halogens is 1. The van der Waals surface area contributed by atoms with Gasteiger partial charge in [0, 0.05) is 9.99 Å². The van der Waals surface area contributed by atoms with E-state index >= 15 is 0 Å². The monoisotopic (exact) mass is 398 g/mol. The summed E-state index contributed by atoms with van der Waals surface area (Å²) in [7, 11) is 1.52. The SMILES string of the molecule is COc1ccccc1O[C@@H](Cc1ccc(I)cc1)C(=O)O. The zero-order valence-electron chi connectivity index (χ0n) is 11.5. The zero-order chi connectivity index (χ0) is 15.2.